The number of anilines is 2. The number of piperazine rings is 1. The maximum absolute atomic E-state index is 13.1. The summed E-state index contributed by atoms with van der Waals surface area (Å²) < 4.78 is 39.3. The second-order valence-electron chi connectivity index (χ2n) is 5.89. The quantitative estimate of drug-likeness (QED) is 0.853. The summed E-state index contributed by atoms with van der Waals surface area (Å²) in [5.74, 6) is -0.210. The van der Waals surface area contributed by atoms with Gasteiger partial charge >= 0.3 is 6.18 Å². The number of carbonyl (C=O) groups is 1. The normalized spacial score (nSPS) is 15.4. The van der Waals surface area contributed by atoms with Gasteiger partial charge in [-0.05, 0) is 18.2 Å². The van der Waals surface area contributed by atoms with Crippen LogP contribution in [0.2, 0.25) is 0 Å². The Morgan fingerprint density at radius 2 is 2.04 bits per heavy atom. The Balaban J connectivity index is 1.59. The van der Waals surface area contributed by atoms with Gasteiger partial charge in [-0.15, -0.1) is 10.2 Å². The van der Waals surface area contributed by atoms with E-state index < -0.39 is 17.3 Å². The minimum Gasteiger partial charge on any atom is -0.369 e. The molecule has 1 aromatic heterocycles. The Kier molecular flexibility index (Phi) is 5.57. The van der Waals surface area contributed by atoms with E-state index in [1.54, 1.807) is 6.07 Å². The van der Waals surface area contributed by atoms with Crippen molar-refractivity contribution in [1.29, 1.82) is 5.26 Å². The first-order valence-corrected chi connectivity index (χ1v) is 8.89. The molecule has 2 heterocycles. The summed E-state index contributed by atoms with van der Waals surface area (Å²) in [6, 6.07) is 5.30. The lowest BCUT2D eigenvalue weighted by atomic mass is 10.1. The molecule has 1 fully saturated rings. The van der Waals surface area contributed by atoms with Crippen molar-refractivity contribution < 1.29 is 18.0 Å². The molecule has 1 N–H and O–H groups in total. The highest BCUT2D eigenvalue weighted by molar-refractivity contribution is 7.13. The van der Waals surface area contributed by atoms with Gasteiger partial charge in [0.05, 0.1) is 23.7 Å². The number of amides is 1. The summed E-state index contributed by atoms with van der Waals surface area (Å²) in [6.45, 7) is 2.20. The predicted molar refractivity (Wildman–Crippen MR) is 93.4 cm³/mol. The minimum atomic E-state index is -4.58. The molecule has 0 atom stereocenters. The molecule has 0 aliphatic carbocycles. The highest BCUT2D eigenvalue weighted by atomic mass is 32.1. The molecule has 11 heteroatoms. The Morgan fingerprint density at radius 1 is 1.30 bits per heavy atom. The molecule has 142 valence electrons. The van der Waals surface area contributed by atoms with E-state index in [0.717, 1.165) is 6.07 Å². The van der Waals surface area contributed by atoms with E-state index in [2.05, 4.69) is 15.5 Å². The van der Waals surface area contributed by atoms with Crippen LogP contribution >= 0.6 is 11.3 Å². The van der Waals surface area contributed by atoms with Gasteiger partial charge in [-0.2, -0.15) is 18.4 Å². The Morgan fingerprint density at radius 3 is 2.63 bits per heavy atom. The number of nitrogens with zero attached hydrogens (tertiary/aromatic N) is 5. The van der Waals surface area contributed by atoms with Crippen LogP contribution in [-0.4, -0.2) is 53.7 Å². The third-order valence-electron chi connectivity index (χ3n) is 4.14. The molecular weight excluding hydrogens is 381 g/mol. The molecular formula is C16H15F3N6OS. The SMILES string of the molecule is N#Cc1ccc(N2CCN(CC(=O)Nc3nncs3)CC2)cc1C(F)(F)F. The van der Waals surface area contributed by atoms with E-state index in [9.17, 15) is 18.0 Å². The maximum atomic E-state index is 13.1. The average molecular weight is 396 g/mol. The molecule has 1 aliphatic rings. The van der Waals surface area contributed by atoms with Crippen LogP contribution in [-0.2, 0) is 11.0 Å². The molecule has 3 rings (SSSR count). The second kappa shape index (κ2) is 7.89. The molecule has 7 nitrogen and oxygen atoms in total. The molecule has 27 heavy (non-hydrogen) atoms. The van der Waals surface area contributed by atoms with Crippen LogP contribution in [0.5, 0.6) is 0 Å². The molecule has 0 bridgehead atoms. The van der Waals surface area contributed by atoms with E-state index in [0.29, 0.717) is 37.0 Å². The number of benzene rings is 1. The lowest BCUT2D eigenvalue weighted by molar-refractivity contribution is -0.137. The number of alkyl halides is 3. The van der Waals surface area contributed by atoms with E-state index in [-0.39, 0.29) is 12.5 Å². The number of halogens is 3. The van der Waals surface area contributed by atoms with Crippen LogP contribution in [0, 0.1) is 11.3 Å². The van der Waals surface area contributed by atoms with Gasteiger partial charge in [0.2, 0.25) is 11.0 Å². The summed E-state index contributed by atoms with van der Waals surface area (Å²) in [5, 5.41) is 19.3. The lowest BCUT2D eigenvalue weighted by Gasteiger charge is -2.36. The van der Waals surface area contributed by atoms with Crippen LogP contribution in [0.3, 0.4) is 0 Å². The molecule has 0 unspecified atom stereocenters. The van der Waals surface area contributed by atoms with Crippen molar-refractivity contribution in [2.45, 2.75) is 6.18 Å². The first-order chi connectivity index (χ1) is 12.9. The van der Waals surface area contributed by atoms with Crippen molar-refractivity contribution in [3.05, 3.63) is 34.8 Å². The third kappa shape index (κ3) is 4.72. The van der Waals surface area contributed by atoms with Gasteiger partial charge in [-0.1, -0.05) is 11.3 Å². The zero-order valence-corrected chi connectivity index (χ0v) is 14.8. The van der Waals surface area contributed by atoms with Gasteiger partial charge in [0.1, 0.15) is 5.51 Å². The first kappa shape index (κ1) is 19.1. The predicted octanol–water partition coefficient (Wildman–Crippen LogP) is 2.19. The van der Waals surface area contributed by atoms with E-state index >= 15 is 0 Å². The van der Waals surface area contributed by atoms with Crippen LogP contribution in [0.1, 0.15) is 11.1 Å². The third-order valence-corrected chi connectivity index (χ3v) is 4.75. The fraction of sp³-hybridized carbons (Fsp3) is 0.375. The Hall–Kier alpha value is -2.71. The maximum Gasteiger partial charge on any atom is 0.417 e. The fourth-order valence-electron chi connectivity index (χ4n) is 2.81. The monoisotopic (exact) mass is 396 g/mol. The van der Waals surface area contributed by atoms with Crippen LogP contribution in [0.15, 0.2) is 23.7 Å². The van der Waals surface area contributed by atoms with E-state index in [1.807, 2.05) is 9.80 Å². The van der Waals surface area contributed by atoms with Gasteiger partial charge < -0.3 is 4.90 Å². The highest BCUT2D eigenvalue weighted by Crippen LogP contribution is 2.34. The topological polar surface area (TPSA) is 85.2 Å². The molecule has 2 aromatic rings. The highest BCUT2D eigenvalue weighted by Gasteiger charge is 2.34. The van der Waals surface area contributed by atoms with Gasteiger partial charge in [0.15, 0.2) is 0 Å². The van der Waals surface area contributed by atoms with Crippen molar-refractivity contribution in [3.8, 4) is 6.07 Å². The largest absolute Gasteiger partial charge is 0.417 e. The van der Waals surface area contributed by atoms with Crippen LogP contribution in [0.4, 0.5) is 24.0 Å². The molecule has 1 saturated heterocycles. The number of hydrogen-bond acceptors (Lipinski definition) is 7. The second-order valence-corrected chi connectivity index (χ2v) is 6.73. The smallest absolute Gasteiger partial charge is 0.369 e. The van der Waals surface area contributed by atoms with E-state index in [1.165, 1.54) is 29.0 Å². The van der Waals surface area contributed by atoms with Crippen molar-refractivity contribution in [2.75, 3.05) is 42.9 Å². The molecule has 0 spiro atoms. The molecule has 0 saturated carbocycles. The van der Waals surface area contributed by atoms with Crippen molar-refractivity contribution in [3.63, 3.8) is 0 Å². The van der Waals surface area contributed by atoms with Gasteiger partial charge in [-0.3, -0.25) is 15.0 Å². The van der Waals surface area contributed by atoms with Crippen molar-refractivity contribution in [2.24, 2.45) is 0 Å². The lowest BCUT2D eigenvalue weighted by Crippen LogP contribution is -2.48. The average Bonchev–Trinajstić information content (AvgIpc) is 3.14. The van der Waals surface area contributed by atoms with Crippen LogP contribution in [0.25, 0.3) is 0 Å². The number of nitrogens with one attached hydrogen (secondary N) is 1. The number of carbonyl (C=O) groups excluding carboxylic acids is 1. The number of hydrogen-bond donors (Lipinski definition) is 1. The number of aromatic nitrogens is 2. The van der Waals surface area contributed by atoms with Gasteiger partial charge in [0, 0.05) is 31.9 Å². The molecule has 1 aliphatic heterocycles. The Bertz CT molecular complexity index is 841. The first-order valence-electron chi connectivity index (χ1n) is 8.01. The number of rotatable bonds is 4. The summed E-state index contributed by atoms with van der Waals surface area (Å²) in [5.41, 5.74) is 0.611. The van der Waals surface area contributed by atoms with Gasteiger partial charge in [-0.25, -0.2) is 0 Å². The van der Waals surface area contributed by atoms with Gasteiger partial charge in [0.25, 0.3) is 0 Å². The minimum absolute atomic E-state index is 0.175. The summed E-state index contributed by atoms with van der Waals surface area (Å²) in [7, 11) is 0. The standard InChI is InChI=1S/C16H15F3N6OS/c17-16(18,19)13-7-12(2-1-11(13)8-20)25-5-3-24(4-6-25)9-14(26)22-15-23-21-10-27-15/h1-2,7,10H,3-6,9H2,(H,22,23,26). The fourth-order valence-corrected chi connectivity index (χ4v) is 3.28. The van der Waals surface area contributed by atoms with Crippen molar-refractivity contribution in [1.82, 2.24) is 15.1 Å². The zero-order valence-electron chi connectivity index (χ0n) is 14.0. The zero-order chi connectivity index (χ0) is 19.4. The number of nitriles is 1. The molecule has 1 amide bonds. The van der Waals surface area contributed by atoms with Crippen molar-refractivity contribution >= 4 is 28.1 Å². The summed E-state index contributed by atoms with van der Waals surface area (Å²) in [6.07, 6.45) is -4.58. The summed E-state index contributed by atoms with van der Waals surface area (Å²) in [4.78, 5) is 15.7. The molecule has 0 radical (unpaired) electrons. The van der Waals surface area contributed by atoms with Crippen LogP contribution < -0.4 is 10.2 Å². The van der Waals surface area contributed by atoms with E-state index in [4.69, 9.17) is 5.26 Å². The Labute approximate surface area is 157 Å². The summed E-state index contributed by atoms with van der Waals surface area (Å²) >= 11 is 1.22. The molecule has 1 aromatic carbocycles.